The third-order valence-corrected chi connectivity index (χ3v) is 3.80. The van der Waals surface area contributed by atoms with Crippen molar-refractivity contribution in [3.63, 3.8) is 0 Å². The summed E-state index contributed by atoms with van der Waals surface area (Å²) in [6.07, 6.45) is 2.00. The van der Waals surface area contributed by atoms with E-state index in [1.54, 1.807) is 18.4 Å². The van der Waals surface area contributed by atoms with Gasteiger partial charge in [-0.1, -0.05) is 22.9 Å². The Morgan fingerprint density at radius 3 is 2.88 bits per heavy atom. The molecule has 0 aliphatic rings. The molecule has 2 aromatic rings. The molecule has 0 saturated carbocycles. The van der Waals surface area contributed by atoms with E-state index in [1.165, 1.54) is 15.2 Å². The predicted octanol–water partition coefficient (Wildman–Crippen LogP) is 3.82. The van der Waals surface area contributed by atoms with E-state index in [2.05, 4.69) is 23.6 Å². The van der Waals surface area contributed by atoms with Crippen molar-refractivity contribution in [3.8, 4) is 5.75 Å². The van der Waals surface area contributed by atoms with Crippen LogP contribution in [0.15, 0.2) is 23.2 Å². The third kappa shape index (κ3) is 2.45. The zero-order valence-electron chi connectivity index (χ0n) is 10.2. The Labute approximate surface area is 110 Å². The first-order valence-electron chi connectivity index (χ1n) is 5.50. The van der Waals surface area contributed by atoms with Gasteiger partial charge in [-0.2, -0.15) is 4.57 Å². The first kappa shape index (κ1) is 12.4. The molecule has 4 heteroatoms. The molecule has 0 unspecified atom stereocenters. The molecule has 17 heavy (non-hydrogen) atoms. The Balaban J connectivity index is 2.67. The van der Waals surface area contributed by atoms with Crippen molar-refractivity contribution in [2.75, 3.05) is 7.11 Å². The number of methoxy groups -OCH3 is 1. The average molecular weight is 269 g/mol. The fourth-order valence-corrected chi connectivity index (χ4v) is 3.19. The monoisotopic (exact) mass is 268 g/mol. The molecule has 0 amide bonds. The van der Waals surface area contributed by atoms with Gasteiger partial charge in [0.1, 0.15) is 17.0 Å². The molecule has 0 aliphatic carbocycles. The van der Waals surface area contributed by atoms with Crippen molar-refractivity contribution in [2.24, 2.45) is 0 Å². The summed E-state index contributed by atoms with van der Waals surface area (Å²) < 4.78 is 8.75. The lowest BCUT2D eigenvalue weighted by atomic mass is 10.3. The maximum Gasteiger partial charge on any atom is 0.263 e. The summed E-state index contributed by atoms with van der Waals surface area (Å²) in [5.41, 5.74) is 1.20. The summed E-state index contributed by atoms with van der Waals surface area (Å²) in [7, 11) is 1.69. The van der Waals surface area contributed by atoms with Crippen LogP contribution in [0.5, 0.6) is 5.75 Å². The second-order valence-electron chi connectivity index (χ2n) is 3.75. The second-order valence-corrected chi connectivity index (χ2v) is 5.41. The zero-order valence-corrected chi connectivity index (χ0v) is 11.7. The van der Waals surface area contributed by atoms with Gasteiger partial charge in [-0.25, -0.2) is 0 Å². The number of allylic oxidation sites excluding steroid dienone is 1. The zero-order chi connectivity index (χ0) is 12.4. The van der Waals surface area contributed by atoms with Crippen LogP contribution >= 0.6 is 22.9 Å². The van der Waals surface area contributed by atoms with E-state index in [-0.39, 0.29) is 0 Å². The van der Waals surface area contributed by atoms with Gasteiger partial charge in [0.05, 0.1) is 13.2 Å². The topological polar surface area (TPSA) is 13.1 Å². The van der Waals surface area contributed by atoms with Gasteiger partial charge >= 0.3 is 0 Å². The molecule has 90 valence electrons. The number of aryl methyl sites for hydroxylation is 1. The number of fused-ring (bicyclic) bond motifs is 1. The Bertz CT molecular complexity index is 570. The Morgan fingerprint density at radius 2 is 2.29 bits per heavy atom. The fraction of sp³-hybridized carbons (Fsp3) is 0.308. The highest BCUT2D eigenvalue weighted by molar-refractivity contribution is 7.18. The van der Waals surface area contributed by atoms with Crippen molar-refractivity contribution in [1.82, 2.24) is 0 Å². The van der Waals surface area contributed by atoms with E-state index in [4.69, 9.17) is 16.3 Å². The molecule has 0 bridgehead atoms. The number of thiazole rings is 1. The van der Waals surface area contributed by atoms with Crippen LogP contribution < -0.4 is 9.30 Å². The van der Waals surface area contributed by atoms with Crippen molar-refractivity contribution < 1.29 is 9.30 Å². The molecule has 0 radical (unpaired) electrons. The predicted molar refractivity (Wildman–Crippen MR) is 73.8 cm³/mol. The van der Waals surface area contributed by atoms with Crippen molar-refractivity contribution in [3.05, 3.63) is 28.2 Å². The van der Waals surface area contributed by atoms with Gasteiger partial charge in [-0.15, -0.1) is 0 Å². The molecule has 1 aromatic heterocycles. The lowest BCUT2D eigenvalue weighted by molar-refractivity contribution is -0.665. The Morgan fingerprint density at radius 1 is 1.53 bits per heavy atom. The number of hydrogen-bond acceptors (Lipinski definition) is 2. The van der Waals surface area contributed by atoms with Crippen LogP contribution in [0.25, 0.3) is 16.3 Å². The second kappa shape index (κ2) is 5.07. The summed E-state index contributed by atoms with van der Waals surface area (Å²) in [4.78, 5) is 0. The van der Waals surface area contributed by atoms with E-state index < -0.39 is 0 Å². The van der Waals surface area contributed by atoms with Gasteiger partial charge in [-0.3, -0.25) is 0 Å². The molecule has 0 spiro atoms. The summed E-state index contributed by atoms with van der Waals surface area (Å²) in [5, 5.41) is 1.97. The molecule has 2 rings (SSSR count). The van der Waals surface area contributed by atoms with Crippen LogP contribution in [-0.4, -0.2) is 7.11 Å². The molecule has 0 fully saturated rings. The molecule has 2 nitrogen and oxygen atoms in total. The van der Waals surface area contributed by atoms with Crippen LogP contribution in [0.4, 0.5) is 0 Å². The number of ether oxygens (including phenoxy) is 1. The summed E-state index contributed by atoms with van der Waals surface area (Å²) in [6, 6.07) is 6.14. The van der Waals surface area contributed by atoms with Crippen LogP contribution in [-0.2, 0) is 6.54 Å². The maximum atomic E-state index is 5.96. The van der Waals surface area contributed by atoms with Gasteiger partial charge in [-0.05, 0) is 26.0 Å². The van der Waals surface area contributed by atoms with Gasteiger partial charge in [0, 0.05) is 11.1 Å². The first-order chi connectivity index (χ1) is 8.15. The molecule has 0 aliphatic heterocycles. The van der Waals surface area contributed by atoms with E-state index in [1.807, 2.05) is 19.1 Å². The highest BCUT2D eigenvalue weighted by atomic mass is 35.5. The van der Waals surface area contributed by atoms with Gasteiger partial charge in [0.25, 0.3) is 5.01 Å². The fourth-order valence-electron chi connectivity index (χ4n) is 1.81. The van der Waals surface area contributed by atoms with Crippen LogP contribution in [0.3, 0.4) is 0 Å². The minimum atomic E-state index is 0.797. The molecule has 1 heterocycles. The lowest BCUT2D eigenvalue weighted by Gasteiger charge is -1.97. The van der Waals surface area contributed by atoms with Crippen LogP contribution in [0, 0.1) is 0 Å². The van der Waals surface area contributed by atoms with E-state index >= 15 is 0 Å². The number of benzene rings is 1. The van der Waals surface area contributed by atoms with E-state index in [0.717, 1.165) is 17.3 Å². The summed E-state index contributed by atoms with van der Waals surface area (Å²) in [5.74, 6) is 0.885. The number of aromatic nitrogens is 1. The Hall–Kier alpha value is -1.06. The van der Waals surface area contributed by atoms with Crippen molar-refractivity contribution in [1.29, 1.82) is 0 Å². The molecule has 1 aromatic carbocycles. The van der Waals surface area contributed by atoms with E-state index in [9.17, 15) is 0 Å². The number of rotatable bonds is 3. The highest BCUT2D eigenvalue weighted by Gasteiger charge is 2.17. The molecule has 0 N–H and O–H groups in total. The lowest BCUT2D eigenvalue weighted by Crippen LogP contribution is -2.33. The first-order valence-corrected chi connectivity index (χ1v) is 6.69. The largest absolute Gasteiger partial charge is 0.497 e. The summed E-state index contributed by atoms with van der Waals surface area (Å²) in [6.45, 7) is 4.95. The number of nitrogens with zero attached hydrogens (tertiary/aromatic N) is 1. The molecule has 0 atom stereocenters. The smallest absolute Gasteiger partial charge is 0.263 e. The third-order valence-electron chi connectivity index (χ3n) is 2.58. The number of halogens is 1. The average Bonchev–Trinajstić information content (AvgIpc) is 2.63. The minimum absolute atomic E-state index is 0.797. The minimum Gasteiger partial charge on any atom is -0.497 e. The van der Waals surface area contributed by atoms with Crippen LogP contribution in [0.2, 0.25) is 0 Å². The Kier molecular flexibility index (Phi) is 3.69. The molecular formula is C13H15ClNOS+. The van der Waals surface area contributed by atoms with Crippen molar-refractivity contribution in [2.45, 2.75) is 20.4 Å². The van der Waals surface area contributed by atoms with Crippen molar-refractivity contribution >= 4 is 39.2 Å². The molecular weight excluding hydrogens is 254 g/mol. The maximum absolute atomic E-state index is 5.96. The van der Waals surface area contributed by atoms with Gasteiger partial charge in [0.2, 0.25) is 5.52 Å². The standard InChI is InChI=1S/C13H15ClNOS/c1-4-15-11-8-10(16-3)5-6-12(11)17-13(15)7-9(2)14/h5-8H,4H2,1-3H3/q+1. The van der Waals surface area contributed by atoms with Crippen LogP contribution in [0.1, 0.15) is 18.9 Å². The molecule has 0 saturated heterocycles. The van der Waals surface area contributed by atoms with E-state index in [0.29, 0.717) is 0 Å². The van der Waals surface area contributed by atoms with Gasteiger partial charge in [0.15, 0.2) is 0 Å². The normalized spacial score (nSPS) is 12.1. The number of hydrogen-bond donors (Lipinski definition) is 0. The SMILES string of the molecule is CC[n+]1c(C=C(C)Cl)sc2ccc(OC)cc21. The quantitative estimate of drug-likeness (QED) is 0.772. The summed E-state index contributed by atoms with van der Waals surface area (Å²) >= 11 is 7.70. The van der Waals surface area contributed by atoms with Gasteiger partial charge < -0.3 is 4.74 Å². The highest BCUT2D eigenvalue weighted by Crippen LogP contribution is 2.26.